The molecule has 1 aromatic carbocycles. The van der Waals surface area contributed by atoms with Crippen LogP contribution in [0.1, 0.15) is 16.1 Å². The smallest absolute Gasteiger partial charge is 0.257 e. The Labute approximate surface area is 145 Å². The summed E-state index contributed by atoms with van der Waals surface area (Å²) in [5, 5.41) is 0.991. The number of carbonyl (C=O) groups is 1. The van der Waals surface area contributed by atoms with Gasteiger partial charge in [-0.3, -0.25) is 4.79 Å². The van der Waals surface area contributed by atoms with Gasteiger partial charge in [-0.15, -0.1) is 0 Å². The van der Waals surface area contributed by atoms with E-state index in [9.17, 15) is 4.79 Å². The van der Waals surface area contributed by atoms with Gasteiger partial charge in [0.25, 0.3) is 5.91 Å². The molecular weight excluding hydrogens is 333 g/mol. The van der Waals surface area contributed by atoms with E-state index < -0.39 is 0 Å². The molecule has 2 aromatic rings. The zero-order valence-electron chi connectivity index (χ0n) is 12.8. The number of rotatable bonds is 2. The standard InChI is InChI=1S/C17H17Cl2N3O/c1-12-5-6-15(16(19)20-12)17(23)22-9-7-21(8-10-22)14-4-2-3-13(18)11-14/h2-6,11H,7-10H2,1H3. The minimum atomic E-state index is -0.0618. The fourth-order valence-electron chi connectivity index (χ4n) is 2.70. The van der Waals surface area contributed by atoms with E-state index in [4.69, 9.17) is 23.2 Å². The molecule has 23 heavy (non-hydrogen) atoms. The molecule has 0 unspecified atom stereocenters. The van der Waals surface area contributed by atoms with Crippen LogP contribution in [0.3, 0.4) is 0 Å². The Morgan fingerprint density at radius 1 is 1.09 bits per heavy atom. The summed E-state index contributed by atoms with van der Waals surface area (Å²) >= 11 is 12.1. The van der Waals surface area contributed by atoms with Crippen LogP contribution in [-0.4, -0.2) is 42.0 Å². The summed E-state index contributed by atoms with van der Waals surface area (Å²) in [5.74, 6) is -0.0618. The van der Waals surface area contributed by atoms with Crippen LogP contribution in [0.2, 0.25) is 10.2 Å². The van der Waals surface area contributed by atoms with Crippen LogP contribution >= 0.6 is 23.2 Å². The highest BCUT2D eigenvalue weighted by Crippen LogP contribution is 2.22. The molecule has 0 N–H and O–H groups in total. The van der Waals surface area contributed by atoms with Crippen molar-refractivity contribution in [3.05, 3.63) is 57.8 Å². The number of nitrogens with zero attached hydrogens (tertiary/aromatic N) is 3. The third kappa shape index (κ3) is 3.59. The highest BCUT2D eigenvalue weighted by atomic mass is 35.5. The van der Waals surface area contributed by atoms with E-state index in [1.807, 2.05) is 36.1 Å². The van der Waals surface area contributed by atoms with Gasteiger partial charge < -0.3 is 9.80 Å². The number of hydrogen-bond donors (Lipinski definition) is 0. The summed E-state index contributed by atoms with van der Waals surface area (Å²) < 4.78 is 0. The molecule has 1 aliphatic rings. The van der Waals surface area contributed by atoms with E-state index in [1.54, 1.807) is 12.1 Å². The first kappa shape index (κ1) is 16.1. The number of piperazine rings is 1. The van der Waals surface area contributed by atoms with Crippen molar-refractivity contribution in [1.82, 2.24) is 9.88 Å². The molecular formula is C17H17Cl2N3O. The van der Waals surface area contributed by atoms with Crippen molar-refractivity contribution in [1.29, 1.82) is 0 Å². The maximum atomic E-state index is 12.6. The molecule has 0 atom stereocenters. The number of aromatic nitrogens is 1. The van der Waals surface area contributed by atoms with Crippen molar-refractivity contribution in [2.24, 2.45) is 0 Å². The minimum absolute atomic E-state index is 0.0618. The molecule has 1 fully saturated rings. The van der Waals surface area contributed by atoms with E-state index in [-0.39, 0.29) is 11.1 Å². The predicted octanol–water partition coefficient (Wildman–Crippen LogP) is 3.66. The highest BCUT2D eigenvalue weighted by molar-refractivity contribution is 6.32. The molecule has 6 heteroatoms. The normalized spacial score (nSPS) is 14.9. The molecule has 1 amide bonds. The summed E-state index contributed by atoms with van der Waals surface area (Å²) in [6.45, 7) is 4.68. The predicted molar refractivity (Wildman–Crippen MR) is 93.6 cm³/mol. The van der Waals surface area contributed by atoms with Gasteiger partial charge in [0.1, 0.15) is 5.15 Å². The Hall–Kier alpha value is -1.78. The summed E-state index contributed by atoms with van der Waals surface area (Å²) in [5.41, 5.74) is 2.35. The van der Waals surface area contributed by atoms with Crippen molar-refractivity contribution in [2.45, 2.75) is 6.92 Å². The van der Waals surface area contributed by atoms with Gasteiger partial charge in [-0.05, 0) is 37.3 Å². The van der Waals surface area contributed by atoms with Gasteiger partial charge in [0.15, 0.2) is 0 Å². The van der Waals surface area contributed by atoms with Gasteiger partial charge in [0, 0.05) is 42.6 Å². The van der Waals surface area contributed by atoms with Gasteiger partial charge in [0.05, 0.1) is 5.56 Å². The average molecular weight is 350 g/mol. The first-order valence-corrected chi connectivity index (χ1v) is 8.23. The van der Waals surface area contributed by atoms with Gasteiger partial charge in [0.2, 0.25) is 0 Å². The zero-order valence-corrected chi connectivity index (χ0v) is 14.3. The quantitative estimate of drug-likeness (QED) is 0.776. The number of anilines is 1. The van der Waals surface area contributed by atoms with Crippen LogP contribution < -0.4 is 4.90 Å². The number of aryl methyl sites for hydroxylation is 1. The topological polar surface area (TPSA) is 36.4 Å². The number of benzene rings is 1. The largest absolute Gasteiger partial charge is 0.368 e. The lowest BCUT2D eigenvalue weighted by Gasteiger charge is -2.36. The molecule has 3 rings (SSSR count). The number of amides is 1. The summed E-state index contributed by atoms with van der Waals surface area (Å²) in [7, 11) is 0. The highest BCUT2D eigenvalue weighted by Gasteiger charge is 2.24. The van der Waals surface area contributed by atoms with Crippen LogP contribution in [-0.2, 0) is 0 Å². The molecule has 0 saturated carbocycles. The molecule has 1 aliphatic heterocycles. The average Bonchev–Trinajstić information content (AvgIpc) is 2.54. The van der Waals surface area contributed by atoms with E-state index in [1.165, 1.54) is 0 Å². The van der Waals surface area contributed by atoms with Crippen molar-refractivity contribution < 1.29 is 4.79 Å². The lowest BCUT2D eigenvalue weighted by atomic mass is 10.2. The maximum absolute atomic E-state index is 12.6. The third-order valence-electron chi connectivity index (χ3n) is 3.96. The minimum Gasteiger partial charge on any atom is -0.368 e. The molecule has 1 saturated heterocycles. The molecule has 2 heterocycles. The van der Waals surface area contributed by atoms with Gasteiger partial charge in [-0.2, -0.15) is 0 Å². The molecule has 4 nitrogen and oxygen atoms in total. The molecule has 1 aromatic heterocycles. The summed E-state index contributed by atoms with van der Waals surface area (Å²) in [4.78, 5) is 20.8. The second-order valence-corrected chi connectivity index (χ2v) is 6.34. The first-order valence-electron chi connectivity index (χ1n) is 7.47. The fourth-order valence-corrected chi connectivity index (χ4v) is 3.16. The second kappa shape index (κ2) is 6.77. The Bertz CT molecular complexity index is 728. The number of halogens is 2. The van der Waals surface area contributed by atoms with Crippen LogP contribution in [0, 0.1) is 6.92 Å². The molecule has 0 bridgehead atoms. The SMILES string of the molecule is Cc1ccc(C(=O)N2CCN(c3cccc(Cl)c3)CC2)c(Cl)n1. The van der Waals surface area contributed by atoms with E-state index in [0.717, 1.165) is 29.5 Å². The van der Waals surface area contributed by atoms with E-state index in [2.05, 4.69) is 9.88 Å². The second-order valence-electron chi connectivity index (χ2n) is 5.55. The monoisotopic (exact) mass is 349 g/mol. The Morgan fingerprint density at radius 3 is 2.48 bits per heavy atom. The van der Waals surface area contributed by atoms with Crippen LogP contribution in [0.15, 0.2) is 36.4 Å². The van der Waals surface area contributed by atoms with Gasteiger partial charge >= 0.3 is 0 Å². The van der Waals surface area contributed by atoms with E-state index in [0.29, 0.717) is 18.7 Å². The van der Waals surface area contributed by atoms with Crippen LogP contribution in [0.25, 0.3) is 0 Å². The molecule has 0 spiro atoms. The number of carbonyl (C=O) groups excluding carboxylic acids is 1. The third-order valence-corrected chi connectivity index (χ3v) is 4.48. The van der Waals surface area contributed by atoms with Crippen LogP contribution in [0.5, 0.6) is 0 Å². The van der Waals surface area contributed by atoms with Crippen molar-refractivity contribution >= 4 is 34.8 Å². The van der Waals surface area contributed by atoms with E-state index >= 15 is 0 Å². The maximum Gasteiger partial charge on any atom is 0.257 e. The fraction of sp³-hybridized carbons (Fsp3) is 0.294. The van der Waals surface area contributed by atoms with Crippen LogP contribution in [0.4, 0.5) is 5.69 Å². The summed E-state index contributed by atoms with van der Waals surface area (Å²) in [6, 6.07) is 11.3. The Balaban J connectivity index is 1.68. The Morgan fingerprint density at radius 2 is 1.83 bits per heavy atom. The number of hydrogen-bond acceptors (Lipinski definition) is 3. The van der Waals surface area contributed by atoms with Crippen molar-refractivity contribution in [2.75, 3.05) is 31.1 Å². The van der Waals surface area contributed by atoms with Crippen molar-refractivity contribution in [3.8, 4) is 0 Å². The van der Waals surface area contributed by atoms with Gasteiger partial charge in [-0.1, -0.05) is 29.3 Å². The lowest BCUT2D eigenvalue weighted by molar-refractivity contribution is 0.0746. The lowest BCUT2D eigenvalue weighted by Crippen LogP contribution is -2.48. The molecule has 0 radical (unpaired) electrons. The zero-order chi connectivity index (χ0) is 16.4. The summed E-state index contributed by atoms with van der Waals surface area (Å²) in [6.07, 6.45) is 0. The first-order chi connectivity index (χ1) is 11.0. The molecule has 0 aliphatic carbocycles. The molecule has 120 valence electrons. The Kier molecular flexibility index (Phi) is 4.74. The van der Waals surface area contributed by atoms with Crippen molar-refractivity contribution in [3.63, 3.8) is 0 Å². The number of pyridine rings is 1. The van der Waals surface area contributed by atoms with Gasteiger partial charge in [-0.25, -0.2) is 4.98 Å².